The van der Waals surface area contributed by atoms with Crippen molar-refractivity contribution < 1.29 is 31.2 Å². The van der Waals surface area contributed by atoms with Crippen LogP contribution in [0.1, 0.15) is 0 Å². The quantitative estimate of drug-likeness (QED) is 0.196. The van der Waals surface area contributed by atoms with Crippen molar-refractivity contribution in [1.82, 2.24) is 24.4 Å². The summed E-state index contributed by atoms with van der Waals surface area (Å²) in [4.78, 5) is 30.4. The fourth-order valence-electron chi connectivity index (χ4n) is 3.96. The lowest BCUT2D eigenvalue weighted by Crippen LogP contribution is -2.34. The molecule has 0 fully saturated rings. The van der Waals surface area contributed by atoms with Gasteiger partial charge in [0, 0.05) is 37.4 Å². The summed E-state index contributed by atoms with van der Waals surface area (Å²) in [7, 11) is -0.899. The number of hydrogen-bond acceptors (Lipinski definition) is 10. The number of carbonyl (C=O) groups is 1. The summed E-state index contributed by atoms with van der Waals surface area (Å²) in [6.45, 7) is 0. The van der Waals surface area contributed by atoms with Crippen molar-refractivity contribution in [2.24, 2.45) is 7.05 Å². The fraction of sp³-hybridized carbons (Fsp3) is 0.111. The zero-order valence-electron chi connectivity index (χ0n) is 22.5. The Balaban J connectivity index is 1.32. The molecule has 0 aliphatic carbocycles. The highest BCUT2D eigenvalue weighted by Crippen LogP contribution is 2.29. The molecular weight excluding hydrogens is 589 g/mol. The van der Waals surface area contributed by atoms with Crippen molar-refractivity contribution in [2.45, 2.75) is 11.1 Å². The molecule has 5 rings (SSSR count). The predicted octanol–water partition coefficient (Wildman–Crippen LogP) is 4.92. The number of nitrogens with one attached hydrogen (secondary N) is 3. The molecule has 0 amide bonds. The number of benzene rings is 3. The van der Waals surface area contributed by atoms with Crippen LogP contribution in [0.3, 0.4) is 0 Å². The Kier molecular flexibility index (Phi) is 7.88. The molecule has 0 saturated heterocycles. The summed E-state index contributed by atoms with van der Waals surface area (Å²) in [5.41, 5.74) is 3.57. The lowest BCUT2D eigenvalue weighted by atomic mass is 10.2. The molecule has 2 aromatic heterocycles. The lowest BCUT2D eigenvalue weighted by Gasteiger charge is -2.19. The average molecular weight is 613 g/mol. The first-order valence-electron chi connectivity index (χ1n) is 12.4. The number of aryl methyl sites for hydroxylation is 1. The SMILES string of the molecule is CN(c1ccc2c(c1)nc(Nc1ccccc1)n2C)c1ccnc(Nc2cccc(S(=O)(=O)NOC(=O)C(F)(F)F)c2)n1. The van der Waals surface area contributed by atoms with Gasteiger partial charge in [-0.15, -0.1) is 0 Å². The number of aromatic nitrogens is 4. The van der Waals surface area contributed by atoms with Gasteiger partial charge in [0.15, 0.2) is 0 Å². The topological polar surface area (TPSA) is 143 Å². The summed E-state index contributed by atoms with van der Waals surface area (Å²) in [5.74, 6) is -1.41. The predicted molar refractivity (Wildman–Crippen MR) is 153 cm³/mol. The molecule has 12 nitrogen and oxygen atoms in total. The minimum atomic E-state index is -5.37. The minimum Gasteiger partial charge on any atom is -0.348 e. The molecule has 222 valence electrons. The first-order valence-corrected chi connectivity index (χ1v) is 13.9. The standard InChI is InChI=1S/C27H23F3N8O4S/c1-37(19-11-12-22-21(16-19)34-26(38(22)2)33-17-7-4-3-5-8-17)23-13-14-31-25(35-23)32-18-9-6-10-20(15-18)43(40,41)36-42-24(39)27(28,29)30/h3-16,36H,1-2H3,(H,33,34)(H,31,32,35). The highest BCUT2D eigenvalue weighted by atomic mass is 32.2. The van der Waals surface area contributed by atoms with Crippen LogP contribution in [-0.4, -0.2) is 47.1 Å². The molecule has 16 heteroatoms. The maximum Gasteiger partial charge on any atom is 0.492 e. The van der Waals surface area contributed by atoms with E-state index in [1.807, 2.05) is 65.0 Å². The van der Waals surface area contributed by atoms with E-state index in [0.29, 0.717) is 11.8 Å². The van der Waals surface area contributed by atoms with Crippen LogP contribution in [0.2, 0.25) is 0 Å². The van der Waals surface area contributed by atoms with E-state index >= 15 is 0 Å². The second kappa shape index (κ2) is 11.6. The first kappa shape index (κ1) is 29.3. The second-order valence-electron chi connectivity index (χ2n) is 9.08. The van der Waals surface area contributed by atoms with E-state index in [9.17, 15) is 26.4 Å². The third-order valence-corrected chi connectivity index (χ3v) is 7.32. The smallest absolute Gasteiger partial charge is 0.348 e. The Morgan fingerprint density at radius 1 is 0.930 bits per heavy atom. The molecule has 0 aliphatic heterocycles. The highest BCUT2D eigenvalue weighted by Gasteiger charge is 2.42. The van der Waals surface area contributed by atoms with Gasteiger partial charge in [0.25, 0.3) is 10.0 Å². The number of anilines is 6. The summed E-state index contributed by atoms with van der Waals surface area (Å²) < 4.78 is 63.7. The Morgan fingerprint density at radius 3 is 2.42 bits per heavy atom. The van der Waals surface area contributed by atoms with Crippen LogP contribution in [0.4, 0.5) is 47.9 Å². The Labute approximate surface area is 243 Å². The van der Waals surface area contributed by atoms with Crippen LogP contribution in [0, 0.1) is 0 Å². The monoisotopic (exact) mass is 612 g/mol. The van der Waals surface area contributed by atoms with Gasteiger partial charge in [0.1, 0.15) is 5.82 Å². The van der Waals surface area contributed by atoms with Gasteiger partial charge >= 0.3 is 12.1 Å². The number of halogens is 3. The molecule has 0 bridgehead atoms. The van der Waals surface area contributed by atoms with Crippen molar-refractivity contribution >= 4 is 61.8 Å². The molecule has 0 saturated carbocycles. The number of alkyl halides is 3. The van der Waals surface area contributed by atoms with Crippen LogP contribution in [0.25, 0.3) is 11.0 Å². The van der Waals surface area contributed by atoms with Gasteiger partial charge in [-0.25, -0.2) is 23.2 Å². The lowest BCUT2D eigenvalue weighted by molar-refractivity contribution is -0.203. The Hall–Kier alpha value is -5.22. The molecule has 0 unspecified atom stereocenters. The van der Waals surface area contributed by atoms with E-state index in [2.05, 4.69) is 25.4 Å². The number of hydrogen-bond donors (Lipinski definition) is 3. The molecule has 43 heavy (non-hydrogen) atoms. The second-order valence-corrected chi connectivity index (χ2v) is 10.7. The molecule has 0 atom stereocenters. The summed E-state index contributed by atoms with van der Waals surface area (Å²) in [6.07, 6.45) is -3.87. The van der Waals surface area contributed by atoms with Gasteiger partial charge in [0.2, 0.25) is 11.9 Å². The van der Waals surface area contributed by atoms with Gasteiger partial charge in [0.05, 0.1) is 15.9 Å². The number of para-hydroxylation sites is 1. The van der Waals surface area contributed by atoms with Crippen molar-refractivity contribution in [3.8, 4) is 0 Å². The van der Waals surface area contributed by atoms with E-state index in [4.69, 9.17) is 4.98 Å². The highest BCUT2D eigenvalue weighted by molar-refractivity contribution is 7.89. The molecule has 2 heterocycles. The molecular formula is C27H23F3N8O4S. The van der Waals surface area contributed by atoms with E-state index in [-0.39, 0.29) is 11.6 Å². The Bertz CT molecular complexity index is 1900. The van der Waals surface area contributed by atoms with Crippen molar-refractivity contribution in [2.75, 3.05) is 22.6 Å². The number of rotatable bonds is 9. The van der Waals surface area contributed by atoms with Gasteiger partial charge in [-0.05, 0) is 59.5 Å². The van der Waals surface area contributed by atoms with E-state index in [1.165, 1.54) is 23.2 Å². The van der Waals surface area contributed by atoms with Crippen LogP contribution >= 0.6 is 0 Å². The van der Waals surface area contributed by atoms with Crippen molar-refractivity contribution in [3.05, 3.63) is 85.1 Å². The molecule has 0 spiro atoms. The minimum absolute atomic E-state index is 0.114. The van der Waals surface area contributed by atoms with E-state index in [1.54, 1.807) is 13.1 Å². The molecule has 3 N–H and O–H groups in total. The largest absolute Gasteiger partial charge is 0.492 e. The average Bonchev–Trinajstić information content (AvgIpc) is 3.29. The summed E-state index contributed by atoms with van der Waals surface area (Å²) >= 11 is 0. The van der Waals surface area contributed by atoms with E-state index in [0.717, 1.165) is 34.5 Å². The van der Waals surface area contributed by atoms with Gasteiger partial charge in [-0.2, -0.15) is 18.2 Å². The number of imidazole rings is 1. The van der Waals surface area contributed by atoms with Crippen molar-refractivity contribution in [1.29, 1.82) is 0 Å². The van der Waals surface area contributed by atoms with Gasteiger partial charge in [-0.3, -0.25) is 0 Å². The molecule has 3 aromatic carbocycles. The third-order valence-electron chi connectivity index (χ3n) is 6.14. The number of carbonyl (C=O) groups excluding carboxylic acids is 1. The van der Waals surface area contributed by atoms with Crippen molar-refractivity contribution in [3.63, 3.8) is 0 Å². The maximum absolute atomic E-state index is 12.3. The maximum atomic E-state index is 12.3. The zero-order valence-corrected chi connectivity index (χ0v) is 23.3. The molecule has 0 radical (unpaired) electrons. The zero-order chi connectivity index (χ0) is 30.8. The van der Waals surface area contributed by atoms with Crippen LogP contribution in [0.5, 0.6) is 0 Å². The summed E-state index contributed by atoms with van der Waals surface area (Å²) in [5, 5.41) is 6.17. The van der Waals surface area contributed by atoms with Crippen LogP contribution in [0.15, 0.2) is 90.0 Å². The summed E-state index contributed by atoms with van der Waals surface area (Å²) in [6, 6.07) is 22.2. The van der Waals surface area contributed by atoms with E-state index < -0.39 is 27.1 Å². The van der Waals surface area contributed by atoms with Crippen LogP contribution in [-0.2, 0) is 26.7 Å². The van der Waals surface area contributed by atoms with Crippen LogP contribution < -0.4 is 20.4 Å². The number of sulfonamides is 1. The Morgan fingerprint density at radius 2 is 1.67 bits per heavy atom. The third kappa shape index (κ3) is 6.65. The fourth-order valence-corrected chi connectivity index (χ4v) is 4.78. The number of nitrogens with zero attached hydrogens (tertiary/aromatic N) is 5. The normalized spacial score (nSPS) is 11.7. The van der Waals surface area contributed by atoms with Gasteiger partial charge in [-0.1, -0.05) is 24.3 Å². The molecule has 5 aromatic rings. The van der Waals surface area contributed by atoms with Gasteiger partial charge < -0.3 is 24.9 Å². The number of fused-ring (bicyclic) bond motifs is 1. The molecule has 0 aliphatic rings. The first-order chi connectivity index (χ1) is 20.4.